The monoisotopic (exact) mass is 364 g/mol. The Morgan fingerprint density at radius 1 is 1.08 bits per heavy atom. The molecule has 130 valence electrons. The minimum absolute atomic E-state index is 0.147. The number of pyridine rings is 2. The first-order valence-electron chi connectivity index (χ1n) is 8.38. The molecule has 0 amide bonds. The molecule has 4 rings (SSSR count). The van der Waals surface area contributed by atoms with Crippen molar-refractivity contribution in [3.63, 3.8) is 0 Å². The molecule has 1 N–H and O–H groups in total. The van der Waals surface area contributed by atoms with Crippen molar-refractivity contribution in [2.45, 2.75) is 20.1 Å². The van der Waals surface area contributed by atoms with Crippen molar-refractivity contribution in [2.75, 3.05) is 0 Å². The first-order valence-corrected chi connectivity index (χ1v) is 8.76. The highest BCUT2D eigenvalue weighted by molar-refractivity contribution is 6.30. The van der Waals surface area contributed by atoms with Gasteiger partial charge in [-0.25, -0.2) is 9.67 Å². The lowest BCUT2D eigenvalue weighted by atomic mass is 9.95. The number of rotatable bonds is 4. The number of aliphatic hydroxyl groups is 1. The highest BCUT2D eigenvalue weighted by Gasteiger charge is 2.20. The van der Waals surface area contributed by atoms with Crippen LogP contribution in [0.1, 0.15) is 12.5 Å². The number of halogens is 1. The fraction of sp³-hybridized carbons (Fsp3) is 0.150. The molecular formula is C20H17ClN4O. The zero-order chi connectivity index (χ0) is 18.1. The Labute approximate surface area is 155 Å². The lowest BCUT2D eigenvalue weighted by Gasteiger charge is -2.15. The van der Waals surface area contributed by atoms with E-state index < -0.39 is 0 Å². The molecule has 0 aliphatic heterocycles. The molecule has 0 fully saturated rings. The van der Waals surface area contributed by atoms with E-state index in [0.717, 1.165) is 39.0 Å². The minimum Gasteiger partial charge on any atom is -0.392 e. The van der Waals surface area contributed by atoms with E-state index in [1.165, 1.54) is 0 Å². The van der Waals surface area contributed by atoms with E-state index in [1.807, 2.05) is 48.0 Å². The number of aliphatic hydroxyl groups excluding tert-OH is 1. The van der Waals surface area contributed by atoms with Gasteiger partial charge in [0.15, 0.2) is 5.65 Å². The fourth-order valence-corrected chi connectivity index (χ4v) is 3.40. The molecule has 0 radical (unpaired) electrons. The summed E-state index contributed by atoms with van der Waals surface area (Å²) >= 11 is 6.17. The summed E-state index contributed by atoms with van der Waals surface area (Å²) in [6, 6.07) is 11.7. The van der Waals surface area contributed by atoms with Crippen molar-refractivity contribution >= 4 is 22.6 Å². The van der Waals surface area contributed by atoms with E-state index >= 15 is 0 Å². The maximum atomic E-state index is 10.2. The highest BCUT2D eigenvalue weighted by atomic mass is 35.5. The Kier molecular flexibility index (Phi) is 4.41. The first kappa shape index (κ1) is 16.7. The van der Waals surface area contributed by atoms with Crippen LogP contribution in [0.3, 0.4) is 0 Å². The van der Waals surface area contributed by atoms with Gasteiger partial charge in [-0.05, 0) is 13.0 Å². The van der Waals surface area contributed by atoms with Gasteiger partial charge in [0.2, 0.25) is 0 Å². The van der Waals surface area contributed by atoms with Gasteiger partial charge in [0.05, 0.1) is 23.5 Å². The van der Waals surface area contributed by atoms with Crippen LogP contribution >= 0.6 is 11.6 Å². The Morgan fingerprint density at radius 3 is 2.58 bits per heavy atom. The van der Waals surface area contributed by atoms with E-state index in [-0.39, 0.29) is 6.61 Å². The second-order valence-electron chi connectivity index (χ2n) is 5.93. The predicted molar refractivity (Wildman–Crippen MR) is 103 cm³/mol. The van der Waals surface area contributed by atoms with E-state index in [0.29, 0.717) is 11.6 Å². The first-order chi connectivity index (χ1) is 12.7. The third-order valence-corrected chi connectivity index (χ3v) is 4.59. The lowest BCUT2D eigenvalue weighted by Crippen LogP contribution is -2.03. The number of aryl methyl sites for hydroxylation is 1. The smallest absolute Gasteiger partial charge is 0.159 e. The molecule has 0 aliphatic rings. The van der Waals surface area contributed by atoms with Crippen LogP contribution in [0.15, 0.2) is 55.0 Å². The quantitative estimate of drug-likeness (QED) is 0.585. The normalized spacial score (nSPS) is 11.2. The Hall–Kier alpha value is -2.76. The van der Waals surface area contributed by atoms with Crippen LogP contribution in [0.5, 0.6) is 0 Å². The van der Waals surface area contributed by atoms with Gasteiger partial charge in [0.1, 0.15) is 0 Å². The molecule has 0 saturated carbocycles. The molecule has 5 nitrogen and oxygen atoms in total. The maximum absolute atomic E-state index is 10.2. The summed E-state index contributed by atoms with van der Waals surface area (Å²) in [4.78, 5) is 9.05. The molecule has 0 aliphatic carbocycles. The second-order valence-corrected chi connectivity index (χ2v) is 6.36. The van der Waals surface area contributed by atoms with Crippen LogP contribution in [0.2, 0.25) is 5.02 Å². The van der Waals surface area contributed by atoms with Crippen LogP contribution in [0.4, 0.5) is 0 Å². The molecule has 4 aromatic rings. The SMILES string of the molecule is CCn1ncc2c(-c3cncc(Cl)c3)c(CO)c(-c3ccccc3)nc21. The molecule has 1 aromatic carbocycles. The molecule has 0 atom stereocenters. The standard InChI is InChI=1S/C20H17ClN4O/c1-2-25-20-16(11-23-25)18(14-8-15(21)10-22-9-14)17(12-26)19(24-20)13-6-4-3-5-7-13/h3-11,26H,2,12H2,1H3. The van der Waals surface area contributed by atoms with Gasteiger partial charge in [-0.15, -0.1) is 0 Å². The van der Waals surface area contributed by atoms with Gasteiger partial charge in [-0.1, -0.05) is 41.9 Å². The van der Waals surface area contributed by atoms with E-state index in [2.05, 4.69) is 10.1 Å². The van der Waals surface area contributed by atoms with E-state index in [1.54, 1.807) is 18.6 Å². The molecule has 0 saturated heterocycles. The summed E-state index contributed by atoms with van der Waals surface area (Å²) in [5.41, 5.74) is 4.90. The van der Waals surface area contributed by atoms with Gasteiger partial charge < -0.3 is 5.11 Å². The number of benzene rings is 1. The Balaban J connectivity index is 2.13. The summed E-state index contributed by atoms with van der Waals surface area (Å²) in [5.74, 6) is 0. The predicted octanol–water partition coefficient (Wildman–Crippen LogP) is 4.33. The zero-order valence-electron chi connectivity index (χ0n) is 14.2. The van der Waals surface area contributed by atoms with Crippen LogP contribution in [0.25, 0.3) is 33.4 Å². The maximum Gasteiger partial charge on any atom is 0.159 e. The lowest BCUT2D eigenvalue weighted by molar-refractivity contribution is 0.282. The average Bonchev–Trinajstić information content (AvgIpc) is 3.09. The van der Waals surface area contributed by atoms with E-state index in [4.69, 9.17) is 16.6 Å². The van der Waals surface area contributed by atoms with Gasteiger partial charge in [-0.3, -0.25) is 4.98 Å². The van der Waals surface area contributed by atoms with Crippen LogP contribution in [0, 0.1) is 0 Å². The molecule has 0 spiro atoms. The number of hydrogen-bond donors (Lipinski definition) is 1. The Morgan fingerprint density at radius 2 is 1.88 bits per heavy atom. The summed E-state index contributed by atoms with van der Waals surface area (Å²) in [6.45, 7) is 2.58. The number of fused-ring (bicyclic) bond motifs is 1. The number of hydrogen-bond acceptors (Lipinski definition) is 4. The molecule has 26 heavy (non-hydrogen) atoms. The summed E-state index contributed by atoms with van der Waals surface area (Å²) in [7, 11) is 0. The van der Waals surface area contributed by atoms with Crippen LogP contribution in [-0.2, 0) is 13.2 Å². The molecule has 0 bridgehead atoms. The van der Waals surface area contributed by atoms with Crippen molar-refractivity contribution in [2.24, 2.45) is 0 Å². The molecule has 6 heteroatoms. The fourth-order valence-electron chi connectivity index (χ4n) is 3.23. The Bertz CT molecular complexity index is 1080. The zero-order valence-corrected chi connectivity index (χ0v) is 15.0. The third-order valence-electron chi connectivity index (χ3n) is 4.38. The third kappa shape index (κ3) is 2.75. The second kappa shape index (κ2) is 6.86. The van der Waals surface area contributed by atoms with Crippen LogP contribution < -0.4 is 0 Å². The van der Waals surface area contributed by atoms with Crippen LogP contribution in [-0.4, -0.2) is 24.9 Å². The number of nitrogens with zero attached hydrogens (tertiary/aromatic N) is 4. The van der Waals surface area contributed by atoms with Gasteiger partial charge in [-0.2, -0.15) is 5.10 Å². The molecular weight excluding hydrogens is 348 g/mol. The summed E-state index contributed by atoms with van der Waals surface area (Å²) in [5, 5.41) is 16.1. The topological polar surface area (TPSA) is 63.8 Å². The molecule has 3 heterocycles. The van der Waals surface area contributed by atoms with Gasteiger partial charge >= 0.3 is 0 Å². The van der Waals surface area contributed by atoms with E-state index in [9.17, 15) is 5.11 Å². The summed E-state index contributed by atoms with van der Waals surface area (Å²) in [6.07, 6.45) is 5.13. The van der Waals surface area contributed by atoms with Crippen molar-refractivity contribution < 1.29 is 5.11 Å². The summed E-state index contributed by atoms with van der Waals surface area (Å²) < 4.78 is 1.85. The van der Waals surface area contributed by atoms with Gasteiger partial charge in [0, 0.05) is 46.6 Å². The van der Waals surface area contributed by atoms with Crippen molar-refractivity contribution in [1.29, 1.82) is 0 Å². The largest absolute Gasteiger partial charge is 0.392 e. The molecule has 3 aromatic heterocycles. The average molecular weight is 365 g/mol. The van der Waals surface area contributed by atoms with Gasteiger partial charge in [0.25, 0.3) is 0 Å². The minimum atomic E-state index is -0.147. The van der Waals surface area contributed by atoms with Crippen molar-refractivity contribution in [3.05, 3.63) is 65.6 Å². The highest BCUT2D eigenvalue weighted by Crippen LogP contribution is 2.37. The van der Waals surface area contributed by atoms with Crippen molar-refractivity contribution in [3.8, 4) is 22.4 Å². The number of aromatic nitrogens is 4. The van der Waals surface area contributed by atoms with Crippen molar-refractivity contribution in [1.82, 2.24) is 19.7 Å². The molecule has 0 unspecified atom stereocenters.